The number of methoxy groups -OCH3 is 1. The minimum Gasteiger partial charge on any atom is -0.496 e. The topological polar surface area (TPSA) is 49.9 Å². The summed E-state index contributed by atoms with van der Waals surface area (Å²) in [6.45, 7) is 4.21. The number of carbonyl (C=O) groups is 2. The molecule has 0 atom stereocenters. The van der Waals surface area contributed by atoms with Crippen LogP contribution in [0.15, 0.2) is 18.2 Å². The van der Waals surface area contributed by atoms with Crippen molar-refractivity contribution in [2.45, 2.75) is 19.8 Å². The molecule has 1 aliphatic heterocycles. The Balaban J connectivity index is 2.04. The van der Waals surface area contributed by atoms with E-state index in [2.05, 4.69) is 0 Å². The van der Waals surface area contributed by atoms with Gasteiger partial charge in [0.15, 0.2) is 0 Å². The Morgan fingerprint density at radius 1 is 1.18 bits per heavy atom. The Morgan fingerprint density at radius 3 is 2.41 bits per heavy atom. The zero-order chi connectivity index (χ0) is 16.1. The molecule has 2 amide bonds. The zero-order valence-electron chi connectivity index (χ0n) is 13.0. The van der Waals surface area contributed by atoms with Crippen LogP contribution in [0.1, 0.15) is 30.1 Å². The smallest absolute Gasteiger partial charge is 0.257 e. The van der Waals surface area contributed by atoms with Crippen molar-refractivity contribution in [3.8, 4) is 5.75 Å². The molecule has 120 valence electrons. The second-order valence-electron chi connectivity index (χ2n) is 5.27. The van der Waals surface area contributed by atoms with E-state index >= 15 is 0 Å². The van der Waals surface area contributed by atoms with Gasteiger partial charge in [0.05, 0.1) is 12.7 Å². The maximum Gasteiger partial charge on any atom is 0.257 e. The van der Waals surface area contributed by atoms with E-state index < -0.39 is 0 Å². The third-order valence-electron chi connectivity index (χ3n) is 3.78. The summed E-state index contributed by atoms with van der Waals surface area (Å²) in [7, 11) is 1.53. The van der Waals surface area contributed by atoms with Crippen LogP contribution in [-0.4, -0.2) is 54.9 Å². The predicted molar refractivity (Wildman–Crippen MR) is 85.4 cm³/mol. The summed E-state index contributed by atoms with van der Waals surface area (Å²) in [6.07, 6.45) is 1.41. The first kappa shape index (κ1) is 16.6. The van der Waals surface area contributed by atoms with Gasteiger partial charge in [-0.3, -0.25) is 9.59 Å². The number of rotatable bonds is 4. The summed E-state index contributed by atoms with van der Waals surface area (Å²) in [5.74, 6) is 0.566. The highest BCUT2D eigenvalue weighted by Gasteiger charge is 2.26. The first-order valence-electron chi connectivity index (χ1n) is 7.47. The quantitative estimate of drug-likeness (QED) is 0.854. The fourth-order valence-electron chi connectivity index (χ4n) is 2.55. The van der Waals surface area contributed by atoms with Crippen LogP contribution in [0.25, 0.3) is 0 Å². The molecule has 0 bridgehead atoms. The molecule has 0 aromatic heterocycles. The van der Waals surface area contributed by atoms with Crippen LogP contribution in [0, 0.1) is 0 Å². The van der Waals surface area contributed by atoms with E-state index in [-0.39, 0.29) is 11.8 Å². The Morgan fingerprint density at radius 2 is 1.82 bits per heavy atom. The van der Waals surface area contributed by atoms with Gasteiger partial charge in [-0.1, -0.05) is 18.5 Å². The molecule has 0 radical (unpaired) electrons. The molecule has 0 N–H and O–H groups in total. The molecule has 2 rings (SSSR count). The summed E-state index contributed by atoms with van der Waals surface area (Å²) in [6, 6.07) is 5.01. The molecule has 1 aromatic rings. The Bertz CT molecular complexity index is 554. The molecule has 0 unspecified atom stereocenters. The minimum absolute atomic E-state index is 0.109. The van der Waals surface area contributed by atoms with Gasteiger partial charge < -0.3 is 14.5 Å². The van der Waals surface area contributed by atoms with Gasteiger partial charge in [-0.25, -0.2) is 0 Å². The van der Waals surface area contributed by atoms with Gasteiger partial charge in [-0.05, 0) is 24.6 Å². The van der Waals surface area contributed by atoms with E-state index in [9.17, 15) is 9.59 Å². The molecule has 5 nitrogen and oxygen atoms in total. The molecular weight excluding hydrogens is 304 g/mol. The second kappa shape index (κ2) is 7.49. The molecule has 1 saturated heterocycles. The monoisotopic (exact) mass is 324 g/mol. The number of benzene rings is 1. The first-order chi connectivity index (χ1) is 10.6. The maximum atomic E-state index is 12.6. The van der Waals surface area contributed by atoms with Gasteiger partial charge in [-0.2, -0.15) is 0 Å². The highest BCUT2D eigenvalue weighted by molar-refractivity contribution is 6.31. The van der Waals surface area contributed by atoms with Crippen LogP contribution in [0.2, 0.25) is 5.02 Å². The van der Waals surface area contributed by atoms with Crippen LogP contribution < -0.4 is 4.74 Å². The zero-order valence-corrected chi connectivity index (χ0v) is 13.7. The van der Waals surface area contributed by atoms with Gasteiger partial charge in [0.1, 0.15) is 5.75 Å². The largest absolute Gasteiger partial charge is 0.496 e. The van der Waals surface area contributed by atoms with Crippen LogP contribution in [-0.2, 0) is 4.79 Å². The Labute approximate surface area is 135 Å². The van der Waals surface area contributed by atoms with E-state index in [1.54, 1.807) is 23.1 Å². The highest BCUT2D eigenvalue weighted by atomic mass is 35.5. The molecule has 0 saturated carbocycles. The van der Waals surface area contributed by atoms with E-state index in [0.717, 1.165) is 6.42 Å². The van der Waals surface area contributed by atoms with Crippen molar-refractivity contribution in [1.82, 2.24) is 9.80 Å². The van der Waals surface area contributed by atoms with Gasteiger partial charge in [-0.15, -0.1) is 0 Å². The van der Waals surface area contributed by atoms with Crippen molar-refractivity contribution in [2.24, 2.45) is 0 Å². The van der Waals surface area contributed by atoms with Crippen molar-refractivity contribution in [3.63, 3.8) is 0 Å². The lowest BCUT2D eigenvalue weighted by Crippen LogP contribution is -2.50. The fraction of sp³-hybridized carbons (Fsp3) is 0.500. The van der Waals surface area contributed by atoms with Crippen molar-refractivity contribution < 1.29 is 14.3 Å². The van der Waals surface area contributed by atoms with Crippen LogP contribution in [0.5, 0.6) is 5.75 Å². The molecule has 0 aliphatic carbocycles. The molecule has 1 fully saturated rings. The number of ether oxygens (including phenoxy) is 1. The second-order valence-corrected chi connectivity index (χ2v) is 5.70. The van der Waals surface area contributed by atoms with Crippen molar-refractivity contribution in [2.75, 3.05) is 33.3 Å². The van der Waals surface area contributed by atoms with Gasteiger partial charge in [0.2, 0.25) is 5.91 Å². The number of amides is 2. The Kier molecular flexibility index (Phi) is 5.66. The first-order valence-corrected chi connectivity index (χ1v) is 7.85. The summed E-state index contributed by atoms with van der Waals surface area (Å²) >= 11 is 5.98. The Hall–Kier alpha value is -1.75. The number of halogens is 1. The van der Waals surface area contributed by atoms with Crippen LogP contribution in [0.3, 0.4) is 0 Å². The minimum atomic E-state index is -0.109. The standard InChI is InChI=1S/C16H21ClN2O3/c1-3-4-15(20)18-7-9-19(10-8-18)16(21)13-11-12(17)5-6-14(13)22-2/h5-6,11H,3-4,7-10H2,1-2H3. The molecule has 6 heteroatoms. The molecule has 22 heavy (non-hydrogen) atoms. The third kappa shape index (κ3) is 3.71. The lowest BCUT2D eigenvalue weighted by molar-refractivity contribution is -0.132. The number of carbonyl (C=O) groups excluding carboxylic acids is 2. The summed E-state index contributed by atoms with van der Waals surface area (Å²) in [5, 5.41) is 0.501. The lowest BCUT2D eigenvalue weighted by atomic mass is 10.1. The maximum absolute atomic E-state index is 12.6. The van der Waals surface area contributed by atoms with Crippen LogP contribution >= 0.6 is 11.6 Å². The fourth-order valence-corrected chi connectivity index (χ4v) is 2.72. The molecule has 1 heterocycles. The number of nitrogens with zero attached hydrogens (tertiary/aromatic N) is 2. The van der Waals surface area contributed by atoms with E-state index in [0.29, 0.717) is 48.9 Å². The molecule has 0 spiro atoms. The summed E-state index contributed by atoms with van der Waals surface area (Å²) in [4.78, 5) is 28.1. The van der Waals surface area contributed by atoms with Crippen molar-refractivity contribution in [3.05, 3.63) is 28.8 Å². The van der Waals surface area contributed by atoms with Gasteiger partial charge in [0.25, 0.3) is 5.91 Å². The number of piperazine rings is 1. The summed E-state index contributed by atoms with van der Waals surface area (Å²) in [5.41, 5.74) is 0.461. The average Bonchev–Trinajstić information content (AvgIpc) is 2.54. The van der Waals surface area contributed by atoms with E-state index in [4.69, 9.17) is 16.3 Å². The third-order valence-corrected chi connectivity index (χ3v) is 4.01. The molecule has 1 aliphatic rings. The number of hydrogen-bond donors (Lipinski definition) is 0. The summed E-state index contributed by atoms with van der Waals surface area (Å²) < 4.78 is 5.23. The van der Waals surface area contributed by atoms with Gasteiger partial charge >= 0.3 is 0 Å². The van der Waals surface area contributed by atoms with E-state index in [1.165, 1.54) is 7.11 Å². The number of hydrogen-bond acceptors (Lipinski definition) is 3. The van der Waals surface area contributed by atoms with Gasteiger partial charge in [0, 0.05) is 37.6 Å². The van der Waals surface area contributed by atoms with Crippen LogP contribution in [0.4, 0.5) is 0 Å². The average molecular weight is 325 g/mol. The van der Waals surface area contributed by atoms with E-state index in [1.807, 2.05) is 11.8 Å². The van der Waals surface area contributed by atoms with Crippen molar-refractivity contribution >= 4 is 23.4 Å². The van der Waals surface area contributed by atoms with Crippen molar-refractivity contribution in [1.29, 1.82) is 0 Å². The lowest BCUT2D eigenvalue weighted by Gasteiger charge is -2.35. The molecular formula is C16H21ClN2O3. The SMILES string of the molecule is CCCC(=O)N1CCN(C(=O)c2cc(Cl)ccc2OC)CC1. The predicted octanol–water partition coefficient (Wildman–Crippen LogP) is 2.43. The molecule has 1 aromatic carbocycles. The highest BCUT2D eigenvalue weighted by Crippen LogP contribution is 2.24. The normalized spacial score (nSPS) is 14.9.